The molecule has 0 spiro atoms. The molecular weight excluding hydrogens is 324 g/mol. The minimum Gasteiger partial charge on any atom is -0.364 e. The van der Waals surface area contributed by atoms with Crippen molar-refractivity contribution < 1.29 is 9.90 Å². The molecule has 0 aromatic heterocycles. The van der Waals surface area contributed by atoms with Gasteiger partial charge in [-0.05, 0) is 37.0 Å². The van der Waals surface area contributed by atoms with Crippen LogP contribution in [0.1, 0.15) is 24.0 Å². The molecule has 4 nitrogen and oxygen atoms in total. The Labute approximate surface area is 145 Å². The van der Waals surface area contributed by atoms with Crippen LogP contribution in [0.15, 0.2) is 53.5 Å². The van der Waals surface area contributed by atoms with Crippen molar-refractivity contribution in [2.45, 2.75) is 19.1 Å². The summed E-state index contributed by atoms with van der Waals surface area (Å²) in [6.45, 7) is 0.613. The Balaban J connectivity index is 1.89. The van der Waals surface area contributed by atoms with Crippen LogP contribution in [0.2, 0.25) is 5.02 Å². The molecule has 0 radical (unpaired) electrons. The minimum atomic E-state index is -1.40. The Morgan fingerprint density at radius 2 is 1.92 bits per heavy atom. The highest BCUT2D eigenvalue weighted by Crippen LogP contribution is 2.35. The van der Waals surface area contributed by atoms with E-state index in [0.29, 0.717) is 23.2 Å². The number of anilines is 1. The number of aliphatic imine (C=N–C) groups is 1. The van der Waals surface area contributed by atoms with Crippen molar-refractivity contribution in [3.8, 4) is 0 Å². The van der Waals surface area contributed by atoms with Crippen molar-refractivity contribution in [1.29, 1.82) is 0 Å². The molecule has 0 saturated heterocycles. The predicted molar refractivity (Wildman–Crippen MR) is 94.6 cm³/mol. The summed E-state index contributed by atoms with van der Waals surface area (Å²) >= 11 is 6.20. The van der Waals surface area contributed by atoms with Gasteiger partial charge in [-0.2, -0.15) is 0 Å². The molecule has 1 aliphatic carbocycles. The van der Waals surface area contributed by atoms with Gasteiger partial charge < -0.3 is 10.0 Å². The first-order valence-corrected chi connectivity index (χ1v) is 8.44. The van der Waals surface area contributed by atoms with Gasteiger partial charge in [0.25, 0.3) is 5.91 Å². The van der Waals surface area contributed by atoms with Gasteiger partial charge in [0.1, 0.15) is 0 Å². The molecule has 2 aromatic rings. The van der Waals surface area contributed by atoms with Gasteiger partial charge in [0, 0.05) is 22.7 Å². The molecule has 0 bridgehead atoms. The van der Waals surface area contributed by atoms with Crippen molar-refractivity contribution in [3.05, 3.63) is 64.7 Å². The van der Waals surface area contributed by atoms with Gasteiger partial charge in [-0.25, -0.2) is 4.99 Å². The zero-order chi connectivity index (χ0) is 16.7. The molecule has 2 aliphatic rings. The van der Waals surface area contributed by atoms with Crippen molar-refractivity contribution in [3.63, 3.8) is 0 Å². The highest BCUT2D eigenvalue weighted by atomic mass is 35.5. The number of hydrogen-bond acceptors (Lipinski definition) is 3. The van der Waals surface area contributed by atoms with Crippen LogP contribution in [0.5, 0.6) is 0 Å². The second-order valence-electron chi connectivity index (χ2n) is 6.27. The SMILES string of the molecule is O=C1[C@H](O)N=C(c2ccccc2)c2cc(Cl)ccc2N1CC1CC1. The Morgan fingerprint density at radius 1 is 1.17 bits per heavy atom. The lowest BCUT2D eigenvalue weighted by Crippen LogP contribution is -2.39. The first kappa shape index (κ1) is 15.4. The molecule has 0 unspecified atom stereocenters. The summed E-state index contributed by atoms with van der Waals surface area (Å²) < 4.78 is 0. The number of aliphatic hydroxyl groups is 1. The van der Waals surface area contributed by atoms with Gasteiger partial charge in [-0.1, -0.05) is 41.9 Å². The van der Waals surface area contributed by atoms with Crippen molar-refractivity contribution in [2.24, 2.45) is 10.9 Å². The highest BCUT2D eigenvalue weighted by molar-refractivity contribution is 6.32. The number of halogens is 1. The third-order valence-electron chi connectivity index (χ3n) is 4.43. The van der Waals surface area contributed by atoms with Gasteiger partial charge in [0.2, 0.25) is 6.23 Å². The average Bonchev–Trinajstić information content (AvgIpc) is 3.42. The smallest absolute Gasteiger partial charge is 0.278 e. The van der Waals surface area contributed by atoms with E-state index in [1.165, 1.54) is 0 Å². The molecule has 1 N–H and O–H groups in total. The summed E-state index contributed by atoms with van der Waals surface area (Å²) in [4.78, 5) is 18.6. The van der Waals surface area contributed by atoms with E-state index in [9.17, 15) is 9.90 Å². The molecule has 1 aliphatic heterocycles. The van der Waals surface area contributed by atoms with Crippen LogP contribution in [0, 0.1) is 5.92 Å². The van der Waals surface area contributed by atoms with Gasteiger partial charge in [0.15, 0.2) is 0 Å². The number of amides is 1. The van der Waals surface area contributed by atoms with E-state index in [4.69, 9.17) is 11.6 Å². The van der Waals surface area contributed by atoms with Crippen LogP contribution in [-0.2, 0) is 4.79 Å². The second-order valence-corrected chi connectivity index (χ2v) is 6.71. The number of fused-ring (bicyclic) bond motifs is 1. The lowest BCUT2D eigenvalue weighted by Gasteiger charge is -2.24. The fraction of sp³-hybridized carbons (Fsp3) is 0.263. The molecule has 1 fully saturated rings. The summed E-state index contributed by atoms with van der Waals surface area (Å²) in [5.74, 6) is 0.124. The Hall–Kier alpha value is -2.17. The molecule has 4 rings (SSSR count). The van der Waals surface area contributed by atoms with E-state index in [0.717, 1.165) is 29.7 Å². The second kappa shape index (κ2) is 6.04. The van der Waals surface area contributed by atoms with E-state index < -0.39 is 6.23 Å². The number of rotatable bonds is 3. The summed E-state index contributed by atoms with van der Waals surface area (Å²) in [6.07, 6.45) is 0.842. The lowest BCUT2D eigenvalue weighted by molar-refractivity contribution is -0.126. The Morgan fingerprint density at radius 3 is 2.62 bits per heavy atom. The van der Waals surface area contributed by atoms with Crippen LogP contribution < -0.4 is 4.90 Å². The third-order valence-corrected chi connectivity index (χ3v) is 4.66. The standard InChI is InChI=1S/C19H17ClN2O2/c20-14-8-9-16-15(10-14)17(13-4-2-1-3-5-13)21-18(23)19(24)22(16)11-12-6-7-12/h1-5,8-10,12,18,23H,6-7,11H2/t18-/m0/s1. The summed E-state index contributed by atoms with van der Waals surface area (Å²) in [5.41, 5.74) is 2.98. The first-order valence-electron chi connectivity index (χ1n) is 8.06. The molecule has 1 atom stereocenters. The molecule has 1 amide bonds. The Bertz CT molecular complexity index is 815. The number of carbonyl (C=O) groups is 1. The van der Waals surface area contributed by atoms with Crippen LogP contribution >= 0.6 is 11.6 Å². The number of benzene rings is 2. The van der Waals surface area contributed by atoms with Crippen molar-refractivity contribution in [2.75, 3.05) is 11.4 Å². The Kier molecular flexibility index (Phi) is 3.87. The first-order chi connectivity index (χ1) is 11.6. The number of hydrogen-bond donors (Lipinski definition) is 1. The molecule has 24 heavy (non-hydrogen) atoms. The number of nitrogens with zero attached hydrogens (tertiary/aromatic N) is 2. The van der Waals surface area contributed by atoms with E-state index in [-0.39, 0.29) is 5.91 Å². The largest absolute Gasteiger partial charge is 0.364 e. The minimum absolute atomic E-state index is 0.378. The molecule has 1 heterocycles. The maximum Gasteiger partial charge on any atom is 0.278 e. The van der Waals surface area contributed by atoms with Crippen LogP contribution in [-0.4, -0.2) is 29.5 Å². The lowest BCUT2D eigenvalue weighted by atomic mass is 10.00. The normalized spacial score (nSPS) is 20.4. The van der Waals surface area contributed by atoms with Crippen LogP contribution in [0.25, 0.3) is 0 Å². The summed E-state index contributed by atoms with van der Waals surface area (Å²) in [5, 5.41) is 10.9. The van der Waals surface area contributed by atoms with Gasteiger partial charge in [-0.3, -0.25) is 4.79 Å². The summed E-state index contributed by atoms with van der Waals surface area (Å²) in [7, 11) is 0. The van der Waals surface area contributed by atoms with Gasteiger partial charge >= 0.3 is 0 Å². The number of benzodiazepines with no additional fused rings is 1. The van der Waals surface area contributed by atoms with E-state index in [1.54, 1.807) is 11.0 Å². The van der Waals surface area contributed by atoms with Crippen LogP contribution in [0.3, 0.4) is 0 Å². The maximum atomic E-state index is 12.7. The predicted octanol–water partition coefficient (Wildman–Crippen LogP) is 3.25. The quantitative estimate of drug-likeness (QED) is 0.932. The monoisotopic (exact) mass is 340 g/mol. The maximum absolute atomic E-state index is 12.7. The molecule has 1 saturated carbocycles. The molecule has 122 valence electrons. The van der Waals surface area contributed by atoms with Gasteiger partial charge in [-0.15, -0.1) is 0 Å². The fourth-order valence-electron chi connectivity index (χ4n) is 3.01. The fourth-order valence-corrected chi connectivity index (χ4v) is 3.18. The van der Waals surface area contributed by atoms with Crippen molar-refractivity contribution >= 4 is 28.9 Å². The van der Waals surface area contributed by atoms with E-state index >= 15 is 0 Å². The average molecular weight is 341 g/mol. The number of carbonyl (C=O) groups excluding carboxylic acids is 1. The zero-order valence-electron chi connectivity index (χ0n) is 13.0. The van der Waals surface area contributed by atoms with Crippen molar-refractivity contribution in [1.82, 2.24) is 0 Å². The molecule has 5 heteroatoms. The summed E-state index contributed by atoms with van der Waals surface area (Å²) in [6, 6.07) is 15.0. The third kappa shape index (κ3) is 2.83. The highest BCUT2D eigenvalue weighted by Gasteiger charge is 2.34. The topological polar surface area (TPSA) is 52.9 Å². The molecule has 2 aromatic carbocycles. The number of aliphatic hydroxyl groups excluding tert-OH is 1. The van der Waals surface area contributed by atoms with Gasteiger partial charge in [0.05, 0.1) is 11.4 Å². The zero-order valence-corrected chi connectivity index (χ0v) is 13.8. The van der Waals surface area contributed by atoms with E-state index in [1.807, 2.05) is 42.5 Å². The molecular formula is C19H17ClN2O2. The van der Waals surface area contributed by atoms with E-state index in [2.05, 4.69) is 4.99 Å². The van der Waals surface area contributed by atoms with Crippen LogP contribution in [0.4, 0.5) is 5.69 Å².